The highest BCUT2D eigenvalue weighted by atomic mass is 32.2. The average Bonchev–Trinajstić information content (AvgIpc) is 3.29. The molecular weight excluding hydrogens is 396 g/mol. The molecule has 0 atom stereocenters. The molecule has 4 rings (SSSR count). The molecule has 2 aliphatic rings. The number of rotatable bonds is 6. The third-order valence-corrected chi connectivity index (χ3v) is 7.97. The summed E-state index contributed by atoms with van der Waals surface area (Å²) in [4.78, 5) is 2.75. The van der Waals surface area contributed by atoms with E-state index in [1.807, 2.05) is 24.0 Å². The van der Waals surface area contributed by atoms with E-state index >= 15 is 0 Å². The van der Waals surface area contributed by atoms with E-state index in [0.717, 1.165) is 43.1 Å². The van der Waals surface area contributed by atoms with E-state index in [4.69, 9.17) is 4.74 Å². The third-order valence-electron chi connectivity index (χ3n) is 5.61. The molecule has 0 aliphatic carbocycles. The Hall–Kier alpha value is -1.39. The van der Waals surface area contributed by atoms with Crippen LogP contribution in [0.3, 0.4) is 0 Å². The van der Waals surface area contributed by atoms with Gasteiger partial charge in [0.15, 0.2) is 0 Å². The van der Waals surface area contributed by atoms with Gasteiger partial charge in [0.2, 0.25) is 10.0 Å². The van der Waals surface area contributed by atoms with Crippen LogP contribution in [0.4, 0.5) is 0 Å². The predicted octanol–water partition coefficient (Wildman–Crippen LogP) is 1.75. The summed E-state index contributed by atoms with van der Waals surface area (Å²) in [6, 6.07) is 8.64. The lowest BCUT2D eigenvalue weighted by Gasteiger charge is -2.47. The molecule has 2 saturated heterocycles. The van der Waals surface area contributed by atoms with Gasteiger partial charge in [-0.25, -0.2) is 17.8 Å². The van der Waals surface area contributed by atoms with Crippen molar-refractivity contribution in [3.8, 4) is 5.69 Å². The first-order valence-electron chi connectivity index (χ1n) is 9.59. The number of ether oxygens (including phenoxy) is 1. The summed E-state index contributed by atoms with van der Waals surface area (Å²) in [6.45, 7) is 3.80. The first-order chi connectivity index (χ1) is 13.6. The summed E-state index contributed by atoms with van der Waals surface area (Å²) in [7, 11) is -3.57. The third kappa shape index (κ3) is 4.28. The summed E-state index contributed by atoms with van der Waals surface area (Å²) in [5.74, 6) is 2.20. The summed E-state index contributed by atoms with van der Waals surface area (Å²) in [6.07, 6.45) is 5.24. The van der Waals surface area contributed by atoms with Gasteiger partial charge in [-0.15, -0.1) is 0 Å². The summed E-state index contributed by atoms with van der Waals surface area (Å²) >= 11 is 1.96. The van der Waals surface area contributed by atoms with Gasteiger partial charge in [0.05, 0.1) is 10.6 Å². The van der Waals surface area contributed by atoms with Crippen LogP contribution in [0.1, 0.15) is 12.8 Å². The molecule has 2 aromatic rings. The van der Waals surface area contributed by atoms with Crippen molar-refractivity contribution >= 4 is 21.8 Å². The van der Waals surface area contributed by atoms with Crippen LogP contribution in [0.25, 0.3) is 5.69 Å². The van der Waals surface area contributed by atoms with Crippen molar-refractivity contribution in [2.45, 2.75) is 23.3 Å². The van der Waals surface area contributed by atoms with Crippen LogP contribution in [0.2, 0.25) is 0 Å². The number of hydrogen-bond donors (Lipinski definition) is 1. The lowest BCUT2D eigenvalue weighted by Crippen LogP contribution is -2.60. The molecule has 0 radical (unpaired) electrons. The van der Waals surface area contributed by atoms with Crippen molar-refractivity contribution < 1.29 is 13.2 Å². The first-order valence-corrected chi connectivity index (χ1v) is 12.2. The Kier molecular flexibility index (Phi) is 6.07. The van der Waals surface area contributed by atoms with Gasteiger partial charge in [-0.3, -0.25) is 4.90 Å². The molecule has 152 valence electrons. The molecule has 7 nitrogen and oxygen atoms in total. The van der Waals surface area contributed by atoms with Crippen LogP contribution in [0, 0.1) is 0 Å². The fraction of sp³-hybridized carbons (Fsp3) is 0.526. The van der Waals surface area contributed by atoms with Crippen LogP contribution in [0.15, 0.2) is 47.6 Å². The molecule has 0 spiro atoms. The molecule has 0 saturated carbocycles. The van der Waals surface area contributed by atoms with Gasteiger partial charge in [-0.2, -0.15) is 16.9 Å². The van der Waals surface area contributed by atoms with Crippen LogP contribution in [-0.4, -0.2) is 73.0 Å². The Bertz CT molecular complexity index is 857. The predicted molar refractivity (Wildman–Crippen MR) is 110 cm³/mol. The second kappa shape index (κ2) is 8.54. The number of nitrogens with one attached hydrogen (secondary N) is 1. The van der Waals surface area contributed by atoms with Gasteiger partial charge < -0.3 is 4.74 Å². The van der Waals surface area contributed by atoms with E-state index in [-0.39, 0.29) is 10.4 Å². The smallest absolute Gasteiger partial charge is 0.240 e. The van der Waals surface area contributed by atoms with E-state index in [0.29, 0.717) is 19.8 Å². The van der Waals surface area contributed by atoms with Crippen LogP contribution in [0.5, 0.6) is 0 Å². The second-order valence-electron chi connectivity index (χ2n) is 7.21. The highest BCUT2D eigenvalue weighted by Crippen LogP contribution is 2.30. The standard InChI is InChI=1S/C19H26N4O3S2/c24-28(25,18-4-2-17(3-5-18)23-9-1-8-20-23)21-16-19(6-12-26-13-7-19)22-10-14-27-15-11-22/h1-5,8-9,21H,6-7,10-16H2. The molecule has 3 heterocycles. The molecule has 9 heteroatoms. The molecule has 2 fully saturated rings. The van der Waals surface area contributed by atoms with E-state index in [2.05, 4.69) is 14.7 Å². The van der Waals surface area contributed by atoms with Crippen molar-refractivity contribution in [1.82, 2.24) is 19.4 Å². The molecule has 28 heavy (non-hydrogen) atoms. The molecule has 1 aromatic heterocycles. The van der Waals surface area contributed by atoms with Gasteiger partial charge in [0.25, 0.3) is 0 Å². The minimum atomic E-state index is -3.57. The van der Waals surface area contributed by atoms with Gasteiger partial charge in [0.1, 0.15) is 0 Å². The average molecular weight is 423 g/mol. The number of thioether (sulfide) groups is 1. The van der Waals surface area contributed by atoms with Gasteiger partial charge >= 0.3 is 0 Å². The fourth-order valence-electron chi connectivity index (χ4n) is 3.91. The van der Waals surface area contributed by atoms with E-state index in [1.54, 1.807) is 35.1 Å². The monoisotopic (exact) mass is 422 g/mol. The zero-order chi connectivity index (χ0) is 19.5. The Balaban J connectivity index is 1.48. The van der Waals surface area contributed by atoms with Crippen molar-refractivity contribution in [3.63, 3.8) is 0 Å². The highest BCUT2D eigenvalue weighted by Gasteiger charge is 2.39. The topological polar surface area (TPSA) is 76.5 Å². The second-order valence-corrected chi connectivity index (χ2v) is 10.2. The molecular formula is C19H26N4O3S2. The number of nitrogens with zero attached hydrogens (tertiary/aromatic N) is 3. The fourth-order valence-corrected chi connectivity index (χ4v) is 5.93. The van der Waals surface area contributed by atoms with Crippen molar-refractivity contribution in [3.05, 3.63) is 42.7 Å². The number of sulfonamides is 1. The van der Waals surface area contributed by atoms with Gasteiger partial charge in [-0.1, -0.05) is 0 Å². The summed E-state index contributed by atoms with van der Waals surface area (Å²) in [5, 5.41) is 4.17. The quantitative estimate of drug-likeness (QED) is 0.764. The normalized spacial score (nSPS) is 20.9. The Labute approximate surface area is 170 Å². The van der Waals surface area contributed by atoms with Crippen LogP contribution in [-0.2, 0) is 14.8 Å². The lowest BCUT2D eigenvalue weighted by atomic mass is 9.88. The molecule has 2 aliphatic heterocycles. The van der Waals surface area contributed by atoms with Gasteiger partial charge in [-0.05, 0) is 43.2 Å². The SMILES string of the molecule is O=S(=O)(NCC1(N2CCSCC2)CCOCC1)c1ccc(-n2cccn2)cc1. The molecule has 0 bridgehead atoms. The largest absolute Gasteiger partial charge is 0.381 e. The molecule has 1 N–H and O–H groups in total. The lowest BCUT2D eigenvalue weighted by molar-refractivity contribution is -0.0218. The minimum Gasteiger partial charge on any atom is -0.381 e. The van der Waals surface area contributed by atoms with Gasteiger partial charge in [0, 0.05) is 62.3 Å². The van der Waals surface area contributed by atoms with Crippen molar-refractivity contribution in [2.24, 2.45) is 0 Å². The Morgan fingerprint density at radius 3 is 2.50 bits per heavy atom. The van der Waals surface area contributed by atoms with Crippen molar-refractivity contribution in [2.75, 3.05) is 44.4 Å². The maximum atomic E-state index is 12.9. The Morgan fingerprint density at radius 2 is 1.86 bits per heavy atom. The summed E-state index contributed by atoms with van der Waals surface area (Å²) < 4.78 is 36.0. The molecule has 0 amide bonds. The maximum Gasteiger partial charge on any atom is 0.240 e. The van der Waals surface area contributed by atoms with E-state index in [9.17, 15) is 8.42 Å². The highest BCUT2D eigenvalue weighted by molar-refractivity contribution is 7.99. The zero-order valence-corrected chi connectivity index (χ0v) is 17.4. The zero-order valence-electron chi connectivity index (χ0n) is 15.8. The number of benzene rings is 1. The van der Waals surface area contributed by atoms with Crippen LogP contribution >= 0.6 is 11.8 Å². The minimum absolute atomic E-state index is 0.151. The molecule has 0 unspecified atom stereocenters. The number of aromatic nitrogens is 2. The molecule has 1 aromatic carbocycles. The van der Waals surface area contributed by atoms with E-state index in [1.165, 1.54) is 0 Å². The maximum absolute atomic E-state index is 12.9. The number of hydrogen-bond acceptors (Lipinski definition) is 6. The van der Waals surface area contributed by atoms with E-state index < -0.39 is 10.0 Å². The first kappa shape index (κ1) is 19.9. The Morgan fingerprint density at radius 1 is 1.14 bits per heavy atom. The van der Waals surface area contributed by atoms with Crippen molar-refractivity contribution in [1.29, 1.82) is 0 Å². The van der Waals surface area contributed by atoms with Crippen LogP contribution < -0.4 is 4.72 Å². The summed E-state index contributed by atoms with van der Waals surface area (Å²) in [5.41, 5.74) is 0.678.